The Labute approximate surface area is 126 Å². The monoisotopic (exact) mass is 337 g/mol. The van der Waals surface area contributed by atoms with E-state index in [-0.39, 0.29) is 5.91 Å². The van der Waals surface area contributed by atoms with E-state index < -0.39 is 0 Å². The smallest absolute Gasteiger partial charge is 0.273 e. The maximum Gasteiger partial charge on any atom is 0.273 e. The highest BCUT2D eigenvalue weighted by Gasteiger charge is 2.13. The van der Waals surface area contributed by atoms with Crippen LogP contribution in [-0.2, 0) is 6.42 Å². The maximum atomic E-state index is 11.8. The third kappa shape index (κ3) is 3.22. The van der Waals surface area contributed by atoms with Gasteiger partial charge in [-0.25, -0.2) is 14.6 Å². The third-order valence-corrected chi connectivity index (χ3v) is 3.06. The molecule has 0 unspecified atom stereocenters. The van der Waals surface area contributed by atoms with Gasteiger partial charge in [-0.2, -0.15) is 5.10 Å². The quantitative estimate of drug-likeness (QED) is 0.801. The molecule has 0 aromatic carbocycles. The van der Waals surface area contributed by atoms with Crippen LogP contribution < -0.4 is 0 Å². The molecule has 0 saturated carbocycles. The SMILES string of the molecule is CCCc1nc(Br)cc(-n2ccc(C(=O)N(C)C)n2)n1. The zero-order valence-electron chi connectivity index (χ0n) is 11.7. The predicted octanol–water partition coefficient (Wildman–Crippen LogP) is 2.08. The molecule has 1 amide bonds. The van der Waals surface area contributed by atoms with Crippen LogP contribution >= 0.6 is 15.9 Å². The number of rotatable bonds is 4. The second-order valence-electron chi connectivity index (χ2n) is 4.56. The Hall–Kier alpha value is -1.76. The summed E-state index contributed by atoms with van der Waals surface area (Å²) in [6.07, 6.45) is 3.50. The Morgan fingerprint density at radius 1 is 1.40 bits per heavy atom. The average Bonchev–Trinajstić information content (AvgIpc) is 2.87. The van der Waals surface area contributed by atoms with Gasteiger partial charge in [0.05, 0.1) is 0 Å². The van der Waals surface area contributed by atoms with Gasteiger partial charge in [0, 0.05) is 32.8 Å². The molecule has 0 aliphatic rings. The zero-order chi connectivity index (χ0) is 14.7. The van der Waals surface area contributed by atoms with Crippen LogP contribution in [0.15, 0.2) is 22.9 Å². The molecule has 0 bridgehead atoms. The highest BCUT2D eigenvalue weighted by Crippen LogP contribution is 2.13. The number of carbonyl (C=O) groups is 1. The molecule has 2 aromatic heterocycles. The Morgan fingerprint density at radius 2 is 2.15 bits per heavy atom. The minimum absolute atomic E-state index is 0.134. The van der Waals surface area contributed by atoms with Crippen molar-refractivity contribution in [2.75, 3.05) is 14.1 Å². The van der Waals surface area contributed by atoms with E-state index >= 15 is 0 Å². The molecule has 7 heteroatoms. The van der Waals surface area contributed by atoms with E-state index in [0.717, 1.165) is 18.7 Å². The lowest BCUT2D eigenvalue weighted by molar-refractivity contribution is 0.0821. The fourth-order valence-corrected chi connectivity index (χ4v) is 2.11. The summed E-state index contributed by atoms with van der Waals surface area (Å²) in [7, 11) is 3.39. The molecular weight excluding hydrogens is 322 g/mol. The molecule has 0 spiro atoms. The number of amides is 1. The summed E-state index contributed by atoms with van der Waals surface area (Å²) < 4.78 is 2.30. The van der Waals surface area contributed by atoms with Gasteiger partial charge in [-0.05, 0) is 28.4 Å². The molecular formula is C13H16BrN5O. The summed E-state index contributed by atoms with van der Waals surface area (Å²) in [4.78, 5) is 22.1. The van der Waals surface area contributed by atoms with E-state index in [0.29, 0.717) is 16.1 Å². The number of hydrogen-bond donors (Lipinski definition) is 0. The largest absolute Gasteiger partial charge is 0.343 e. The Balaban J connectivity index is 2.34. The lowest BCUT2D eigenvalue weighted by Gasteiger charge is -2.07. The van der Waals surface area contributed by atoms with Gasteiger partial charge in [0.1, 0.15) is 10.4 Å². The minimum atomic E-state index is -0.134. The van der Waals surface area contributed by atoms with Crippen molar-refractivity contribution in [3.8, 4) is 5.82 Å². The van der Waals surface area contributed by atoms with Crippen LogP contribution in [0.25, 0.3) is 5.82 Å². The van der Waals surface area contributed by atoms with Crippen molar-refractivity contribution in [3.05, 3.63) is 34.5 Å². The molecule has 0 aliphatic carbocycles. The van der Waals surface area contributed by atoms with E-state index in [1.165, 1.54) is 4.90 Å². The second kappa shape index (κ2) is 6.13. The van der Waals surface area contributed by atoms with Gasteiger partial charge in [0.2, 0.25) is 0 Å². The predicted molar refractivity (Wildman–Crippen MR) is 78.9 cm³/mol. The third-order valence-electron chi connectivity index (χ3n) is 2.65. The van der Waals surface area contributed by atoms with Gasteiger partial charge in [0.25, 0.3) is 5.91 Å². The molecule has 20 heavy (non-hydrogen) atoms. The van der Waals surface area contributed by atoms with Crippen molar-refractivity contribution >= 4 is 21.8 Å². The van der Waals surface area contributed by atoms with Crippen molar-refractivity contribution in [2.24, 2.45) is 0 Å². The van der Waals surface area contributed by atoms with E-state index in [4.69, 9.17) is 0 Å². The molecule has 0 aliphatic heterocycles. The molecule has 0 N–H and O–H groups in total. The van der Waals surface area contributed by atoms with Crippen LogP contribution in [0.2, 0.25) is 0 Å². The standard InChI is InChI=1S/C13H16BrN5O/c1-4-5-11-15-10(14)8-12(16-11)19-7-6-9(17-19)13(20)18(2)3/h6-8H,4-5H2,1-3H3. The summed E-state index contributed by atoms with van der Waals surface area (Å²) in [6.45, 7) is 2.08. The summed E-state index contributed by atoms with van der Waals surface area (Å²) in [5.74, 6) is 1.27. The van der Waals surface area contributed by atoms with Crippen molar-refractivity contribution < 1.29 is 4.79 Å². The van der Waals surface area contributed by atoms with E-state index in [1.807, 2.05) is 0 Å². The Bertz CT molecular complexity index is 623. The molecule has 0 saturated heterocycles. The van der Waals surface area contributed by atoms with Gasteiger partial charge in [0.15, 0.2) is 11.5 Å². The van der Waals surface area contributed by atoms with Gasteiger partial charge in [-0.1, -0.05) is 6.92 Å². The highest BCUT2D eigenvalue weighted by molar-refractivity contribution is 9.10. The fourth-order valence-electron chi connectivity index (χ4n) is 1.70. The number of carbonyl (C=O) groups excluding carboxylic acids is 1. The molecule has 0 fully saturated rings. The van der Waals surface area contributed by atoms with Gasteiger partial charge in [-0.15, -0.1) is 0 Å². The topological polar surface area (TPSA) is 63.9 Å². The summed E-state index contributed by atoms with van der Waals surface area (Å²) in [6, 6.07) is 3.45. The molecule has 6 nitrogen and oxygen atoms in total. The first-order valence-corrected chi connectivity index (χ1v) is 7.11. The average molecular weight is 338 g/mol. The first kappa shape index (κ1) is 14.6. The molecule has 106 valence electrons. The van der Waals surface area contributed by atoms with Crippen molar-refractivity contribution in [3.63, 3.8) is 0 Å². The minimum Gasteiger partial charge on any atom is -0.343 e. The first-order chi connectivity index (χ1) is 9.51. The van der Waals surface area contributed by atoms with Crippen LogP contribution in [0.5, 0.6) is 0 Å². The Morgan fingerprint density at radius 3 is 2.80 bits per heavy atom. The fraction of sp³-hybridized carbons (Fsp3) is 0.385. The number of halogens is 1. The van der Waals surface area contributed by atoms with Crippen LogP contribution in [-0.4, -0.2) is 44.7 Å². The van der Waals surface area contributed by atoms with Crippen LogP contribution in [0.3, 0.4) is 0 Å². The maximum absolute atomic E-state index is 11.8. The summed E-state index contributed by atoms with van der Waals surface area (Å²) in [5.41, 5.74) is 0.391. The molecule has 2 rings (SSSR count). The van der Waals surface area contributed by atoms with E-state index in [2.05, 4.69) is 37.9 Å². The first-order valence-electron chi connectivity index (χ1n) is 6.32. The van der Waals surface area contributed by atoms with Gasteiger partial charge >= 0.3 is 0 Å². The van der Waals surface area contributed by atoms with E-state index in [1.54, 1.807) is 37.1 Å². The molecule has 0 radical (unpaired) electrons. The second-order valence-corrected chi connectivity index (χ2v) is 5.37. The zero-order valence-corrected chi connectivity index (χ0v) is 13.3. The van der Waals surface area contributed by atoms with E-state index in [9.17, 15) is 4.79 Å². The van der Waals surface area contributed by atoms with Gasteiger partial charge in [-0.3, -0.25) is 4.79 Å². The number of aromatic nitrogens is 4. The van der Waals surface area contributed by atoms with Crippen LogP contribution in [0.1, 0.15) is 29.7 Å². The lowest BCUT2D eigenvalue weighted by atomic mass is 10.3. The Kier molecular flexibility index (Phi) is 4.49. The summed E-state index contributed by atoms with van der Waals surface area (Å²) >= 11 is 3.37. The highest BCUT2D eigenvalue weighted by atomic mass is 79.9. The van der Waals surface area contributed by atoms with Crippen molar-refractivity contribution in [1.29, 1.82) is 0 Å². The lowest BCUT2D eigenvalue weighted by Crippen LogP contribution is -2.22. The number of hydrogen-bond acceptors (Lipinski definition) is 4. The van der Waals surface area contributed by atoms with Crippen LogP contribution in [0.4, 0.5) is 0 Å². The van der Waals surface area contributed by atoms with Crippen molar-refractivity contribution in [2.45, 2.75) is 19.8 Å². The molecule has 0 atom stereocenters. The van der Waals surface area contributed by atoms with Gasteiger partial charge < -0.3 is 4.90 Å². The molecule has 2 heterocycles. The number of nitrogens with zero attached hydrogens (tertiary/aromatic N) is 5. The van der Waals surface area contributed by atoms with Crippen LogP contribution in [0, 0.1) is 0 Å². The van der Waals surface area contributed by atoms with Crippen molar-refractivity contribution in [1.82, 2.24) is 24.6 Å². The molecule has 2 aromatic rings. The number of aryl methyl sites for hydroxylation is 1. The summed E-state index contributed by atoms with van der Waals surface area (Å²) in [5, 5.41) is 4.26. The normalized spacial score (nSPS) is 10.6.